The predicted molar refractivity (Wildman–Crippen MR) is 87.9 cm³/mol. The number of nitrogens with zero attached hydrogens (tertiary/aromatic N) is 2. The molecular weight excluding hydrogens is 268 g/mol. The molecule has 0 aliphatic rings. The highest BCUT2D eigenvalue weighted by Gasteiger charge is 2.09. The molecule has 5 heteroatoms. The zero-order chi connectivity index (χ0) is 14.3. The minimum absolute atomic E-state index is 0.0421. The first-order valence-electron chi connectivity index (χ1n) is 6.19. The van der Waals surface area contributed by atoms with Crippen molar-refractivity contribution in [1.29, 1.82) is 0 Å². The Hall–Kier alpha value is -2.40. The number of amidine groups is 1. The Labute approximate surface area is 121 Å². The molecule has 0 aliphatic heterocycles. The van der Waals surface area contributed by atoms with Crippen LogP contribution >= 0.6 is 12.2 Å². The van der Waals surface area contributed by atoms with Crippen molar-refractivity contribution >= 4 is 45.0 Å². The Morgan fingerprint density at radius 1 is 1.05 bits per heavy atom. The van der Waals surface area contributed by atoms with E-state index in [4.69, 9.17) is 23.7 Å². The van der Waals surface area contributed by atoms with E-state index >= 15 is 0 Å². The van der Waals surface area contributed by atoms with E-state index in [1.807, 2.05) is 30.3 Å². The summed E-state index contributed by atoms with van der Waals surface area (Å²) in [7, 11) is 2.05. The van der Waals surface area contributed by atoms with Crippen LogP contribution in [0.25, 0.3) is 21.8 Å². The van der Waals surface area contributed by atoms with E-state index in [-0.39, 0.29) is 5.11 Å². The fourth-order valence-corrected chi connectivity index (χ4v) is 2.61. The van der Waals surface area contributed by atoms with E-state index in [2.05, 4.69) is 28.7 Å². The number of thiocarbonyl (C=S) groups is 1. The highest BCUT2D eigenvalue weighted by atomic mass is 32.1. The number of benzene rings is 2. The summed E-state index contributed by atoms with van der Waals surface area (Å²) >= 11 is 4.75. The second-order valence-corrected chi connectivity index (χ2v) is 5.06. The van der Waals surface area contributed by atoms with E-state index in [1.54, 1.807) is 0 Å². The standard InChI is InChI=1S/C15H14N4S/c1-19-12-5-3-2-4-10(12)11-8-9(6-7-13(11)19)14(16)18-15(17)20/h2-8H,1H3,(H4,16,17,18,20). The SMILES string of the molecule is Cn1c2ccccc2c2cc(C(N)=NC(N)=S)ccc21. The predicted octanol–water partition coefficient (Wildman–Crippen LogP) is 2.28. The van der Waals surface area contributed by atoms with Gasteiger partial charge in [0.1, 0.15) is 5.84 Å². The number of hydrogen-bond acceptors (Lipinski definition) is 1. The number of aliphatic imine (C=N–C) groups is 1. The Kier molecular flexibility index (Phi) is 2.91. The van der Waals surface area contributed by atoms with Gasteiger partial charge < -0.3 is 16.0 Å². The van der Waals surface area contributed by atoms with Crippen LogP contribution in [0.15, 0.2) is 47.5 Å². The molecule has 0 bridgehead atoms. The monoisotopic (exact) mass is 282 g/mol. The van der Waals surface area contributed by atoms with Crippen molar-refractivity contribution in [2.75, 3.05) is 0 Å². The lowest BCUT2D eigenvalue weighted by Crippen LogP contribution is -2.18. The molecule has 1 aromatic heterocycles. The normalized spacial score (nSPS) is 12.2. The van der Waals surface area contributed by atoms with Gasteiger partial charge in [0.25, 0.3) is 0 Å². The van der Waals surface area contributed by atoms with Gasteiger partial charge in [-0.2, -0.15) is 0 Å². The zero-order valence-corrected chi connectivity index (χ0v) is 11.8. The quantitative estimate of drug-likeness (QED) is 0.409. The van der Waals surface area contributed by atoms with Crippen LogP contribution in [-0.2, 0) is 7.05 Å². The fourth-order valence-electron chi connectivity index (χ4n) is 2.51. The number of aromatic nitrogens is 1. The van der Waals surface area contributed by atoms with Gasteiger partial charge in [-0.3, -0.25) is 0 Å². The minimum atomic E-state index is 0.0421. The molecule has 0 aliphatic carbocycles. The molecule has 3 rings (SSSR count). The zero-order valence-electron chi connectivity index (χ0n) is 11.0. The maximum atomic E-state index is 5.91. The summed E-state index contributed by atoms with van der Waals surface area (Å²) in [6, 6.07) is 14.2. The summed E-state index contributed by atoms with van der Waals surface area (Å²) in [4.78, 5) is 3.94. The topological polar surface area (TPSA) is 69.3 Å². The molecule has 4 N–H and O–H groups in total. The number of hydrogen-bond donors (Lipinski definition) is 2. The van der Waals surface area contributed by atoms with Crippen molar-refractivity contribution in [2.45, 2.75) is 0 Å². The van der Waals surface area contributed by atoms with Gasteiger partial charge in [-0.25, -0.2) is 4.99 Å². The molecule has 0 amide bonds. The highest BCUT2D eigenvalue weighted by molar-refractivity contribution is 7.80. The third-order valence-electron chi connectivity index (χ3n) is 3.44. The maximum Gasteiger partial charge on any atom is 0.192 e. The van der Waals surface area contributed by atoms with Crippen LogP contribution in [0.1, 0.15) is 5.56 Å². The lowest BCUT2D eigenvalue weighted by atomic mass is 10.1. The van der Waals surface area contributed by atoms with Gasteiger partial charge in [0, 0.05) is 34.4 Å². The number of rotatable bonds is 1. The second kappa shape index (κ2) is 4.61. The van der Waals surface area contributed by atoms with Crippen LogP contribution in [0.3, 0.4) is 0 Å². The Morgan fingerprint density at radius 3 is 2.50 bits per heavy atom. The van der Waals surface area contributed by atoms with Crippen molar-refractivity contribution < 1.29 is 0 Å². The molecule has 4 nitrogen and oxygen atoms in total. The Morgan fingerprint density at radius 2 is 1.75 bits per heavy atom. The lowest BCUT2D eigenvalue weighted by Gasteiger charge is -2.02. The molecule has 0 atom stereocenters. The average molecular weight is 282 g/mol. The molecule has 0 saturated carbocycles. The van der Waals surface area contributed by atoms with Crippen molar-refractivity contribution in [1.82, 2.24) is 4.57 Å². The number of fused-ring (bicyclic) bond motifs is 3. The first-order valence-corrected chi connectivity index (χ1v) is 6.60. The van der Waals surface area contributed by atoms with Crippen LogP contribution in [-0.4, -0.2) is 15.5 Å². The molecule has 2 aromatic carbocycles. The molecule has 0 saturated heterocycles. The summed E-state index contributed by atoms with van der Waals surface area (Å²) in [5.41, 5.74) is 14.5. The first kappa shape index (κ1) is 12.6. The third-order valence-corrected chi connectivity index (χ3v) is 3.53. The van der Waals surface area contributed by atoms with Gasteiger partial charge in [-0.05, 0) is 36.5 Å². The third kappa shape index (κ3) is 1.92. The maximum absolute atomic E-state index is 5.91. The molecular formula is C15H14N4S. The molecule has 20 heavy (non-hydrogen) atoms. The summed E-state index contributed by atoms with van der Waals surface area (Å²) in [5.74, 6) is 0.340. The first-order chi connectivity index (χ1) is 9.58. The van der Waals surface area contributed by atoms with Gasteiger partial charge in [0.15, 0.2) is 5.11 Å². The minimum Gasteiger partial charge on any atom is -0.383 e. The van der Waals surface area contributed by atoms with E-state index in [9.17, 15) is 0 Å². The number of para-hydroxylation sites is 1. The summed E-state index contributed by atoms with van der Waals surface area (Å²) in [5, 5.41) is 2.37. The van der Waals surface area contributed by atoms with Crippen molar-refractivity contribution in [3.63, 3.8) is 0 Å². The van der Waals surface area contributed by atoms with Gasteiger partial charge in [0.2, 0.25) is 0 Å². The van der Waals surface area contributed by atoms with Gasteiger partial charge in [-0.1, -0.05) is 18.2 Å². The van der Waals surface area contributed by atoms with Crippen LogP contribution in [0, 0.1) is 0 Å². The molecule has 3 aromatic rings. The van der Waals surface area contributed by atoms with E-state index in [0.717, 1.165) is 16.5 Å². The van der Waals surface area contributed by atoms with Crippen molar-refractivity contribution in [2.24, 2.45) is 23.5 Å². The van der Waals surface area contributed by atoms with E-state index in [0.29, 0.717) is 5.84 Å². The van der Waals surface area contributed by atoms with E-state index < -0.39 is 0 Å². The molecule has 0 fully saturated rings. The molecule has 0 radical (unpaired) electrons. The van der Waals surface area contributed by atoms with Gasteiger partial charge in [0.05, 0.1) is 0 Å². The van der Waals surface area contributed by atoms with Crippen molar-refractivity contribution in [3.8, 4) is 0 Å². The Balaban J connectivity index is 2.31. The Bertz CT molecular complexity index is 861. The van der Waals surface area contributed by atoms with Crippen LogP contribution in [0.5, 0.6) is 0 Å². The summed E-state index contributed by atoms with van der Waals surface area (Å²) < 4.78 is 2.16. The molecule has 100 valence electrons. The number of aryl methyl sites for hydroxylation is 1. The largest absolute Gasteiger partial charge is 0.383 e. The van der Waals surface area contributed by atoms with Crippen LogP contribution < -0.4 is 11.5 Å². The second-order valence-electron chi connectivity index (χ2n) is 4.64. The van der Waals surface area contributed by atoms with Crippen LogP contribution in [0.4, 0.5) is 0 Å². The summed E-state index contributed by atoms with van der Waals surface area (Å²) in [6.45, 7) is 0. The summed E-state index contributed by atoms with van der Waals surface area (Å²) in [6.07, 6.45) is 0. The fraction of sp³-hybridized carbons (Fsp3) is 0.0667. The average Bonchev–Trinajstić information content (AvgIpc) is 2.72. The van der Waals surface area contributed by atoms with Gasteiger partial charge >= 0.3 is 0 Å². The molecule has 0 unspecified atom stereocenters. The van der Waals surface area contributed by atoms with Gasteiger partial charge in [-0.15, -0.1) is 0 Å². The molecule has 1 heterocycles. The van der Waals surface area contributed by atoms with E-state index in [1.165, 1.54) is 10.9 Å². The molecule has 0 spiro atoms. The van der Waals surface area contributed by atoms with Crippen molar-refractivity contribution in [3.05, 3.63) is 48.0 Å². The highest BCUT2D eigenvalue weighted by Crippen LogP contribution is 2.28. The number of nitrogens with two attached hydrogens (primary N) is 2. The van der Waals surface area contributed by atoms with Crippen LogP contribution in [0.2, 0.25) is 0 Å². The smallest absolute Gasteiger partial charge is 0.192 e. The lowest BCUT2D eigenvalue weighted by molar-refractivity contribution is 1.01.